The number of carbonyl (C=O) groups is 1. The number of rotatable bonds is 3. The van der Waals surface area contributed by atoms with Gasteiger partial charge in [0.1, 0.15) is 0 Å². The van der Waals surface area contributed by atoms with Gasteiger partial charge in [-0.2, -0.15) is 5.10 Å². The molecule has 2 aromatic rings. The Morgan fingerprint density at radius 2 is 2.18 bits per heavy atom. The molecule has 0 saturated carbocycles. The van der Waals surface area contributed by atoms with Gasteiger partial charge in [0.05, 0.1) is 17.4 Å². The molecule has 0 aliphatic heterocycles. The lowest BCUT2D eigenvalue weighted by Gasteiger charge is -2.02. The zero-order chi connectivity index (χ0) is 12.4. The molecule has 2 rings (SSSR count). The molecule has 1 heterocycles. The summed E-state index contributed by atoms with van der Waals surface area (Å²) in [5.41, 5.74) is 2.16. The van der Waals surface area contributed by atoms with Crippen LogP contribution in [0.1, 0.15) is 35.7 Å². The lowest BCUT2D eigenvalue weighted by molar-refractivity contribution is 0.0697. The Labute approximate surface area is 99.5 Å². The maximum Gasteiger partial charge on any atom is 0.335 e. The van der Waals surface area contributed by atoms with Crippen molar-refractivity contribution >= 4 is 5.97 Å². The van der Waals surface area contributed by atoms with E-state index >= 15 is 0 Å². The highest BCUT2D eigenvalue weighted by Gasteiger charge is 2.07. The van der Waals surface area contributed by atoms with Gasteiger partial charge >= 0.3 is 5.97 Å². The minimum atomic E-state index is -0.928. The van der Waals surface area contributed by atoms with Crippen molar-refractivity contribution in [2.75, 3.05) is 0 Å². The first kappa shape index (κ1) is 11.4. The maximum atomic E-state index is 10.9. The van der Waals surface area contributed by atoms with Gasteiger partial charge in [-0.25, -0.2) is 9.48 Å². The summed E-state index contributed by atoms with van der Waals surface area (Å²) in [7, 11) is 0. The van der Waals surface area contributed by atoms with Crippen molar-refractivity contribution in [2.45, 2.75) is 19.8 Å². The lowest BCUT2D eigenvalue weighted by Crippen LogP contribution is -2.00. The van der Waals surface area contributed by atoms with Crippen LogP contribution in [0.5, 0.6) is 0 Å². The molecule has 0 aliphatic carbocycles. The van der Waals surface area contributed by atoms with E-state index in [0.29, 0.717) is 5.92 Å². The second-order valence-electron chi connectivity index (χ2n) is 4.23. The van der Waals surface area contributed by atoms with E-state index in [4.69, 9.17) is 5.11 Å². The number of carboxylic acids is 1. The standard InChI is InChI=1S/C13H14N2O2/c1-9(2)11-7-14-15(8-11)12-5-3-4-10(6-12)13(16)17/h3-9H,1-2H3,(H,16,17). The van der Waals surface area contributed by atoms with Crippen LogP contribution in [0.15, 0.2) is 36.7 Å². The number of carboxylic acid groups (broad SMARTS) is 1. The molecule has 1 aromatic heterocycles. The van der Waals surface area contributed by atoms with Gasteiger partial charge in [0, 0.05) is 6.20 Å². The highest BCUT2D eigenvalue weighted by Crippen LogP contribution is 2.16. The van der Waals surface area contributed by atoms with Crippen molar-refractivity contribution in [1.29, 1.82) is 0 Å². The molecule has 4 nitrogen and oxygen atoms in total. The lowest BCUT2D eigenvalue weighted by atomic mass is 10.1. The predicted octanol–water partition coefficient (Wildman–Crippen LogP) is 2.69. The third kappa shape index (κ3) is 2.36. The van der Waals surface area contributed by atoms with Crippen LogP contribution in [-0.4, -0.2) is 20.9 Å². The third-order valence-corrected chi connectivity index (χ3v) is 2.63. The average Bonchev–Trinajstić information content (AvgIpc) is 2.78. The van der Waals surface area contributed by atoms with Crippen molar-refractivity contribution < 1.29 is 9.90 Å². The fourth-order valence-corrected chi connectivity index (χ4v) is 1.56. The molecule has 4 heteroatoms. The van der Waals surface area contributed by atoms with Crippen LogP contribution in [-0.2, 0) is 0 Å². The van der Waals surface area contributed by atoms with Crippen LogP contribution in [0.2, 0.25) is 0 Å². The fraction of sp³-hybridized carbons (Fsp3) is 0.231. The maximum absolute atomic E-state index is 10.9. The van der Waals surface area contributed by atoms with Gasteiger partial charge in [-0.05, 0) is 29.7 Å². The molecule has 1 aromatic carbocycles. The van der Waals surface area contributed by atoms with Gasteiger partial charge in [0.15, 0.2) is 0 Å². The number of benzene rings is 1. The minimum Gasteiger partial charge on any atom is -0.478 e. The number of aromatic carboxylic acids is 1. The number of nitrogens with zero attached hydrogens (tertiary/aromatic N) is 2. The highest BCUT2D eigenvalue weighted by atomic mass is 16.4. The Balaban J connectivity index is 2.38. The summed E-state index contributed by atoms with van der Waals surface area (Å²) < 4.78 is 1.70. The van der Waals surface area contributed by atoms with Crippen LogP contribution >= 0.6 is 0 Å². The molecule has 0 aliphatic rings. The highest BCUT2D eigenvalue weighted by molar-refractivity contribution is 5.88. The van der Waals surface area contributed by atoms with Gasteiger partial charge in [-0.15, -0.1) is 0 Å². The summed E-state index contributed by atoms with van der Waals surface area (Å²) in [5.74, 6) is -0.519. The number of aromatic nitrogens is 2. The van der Waals surface area contributed by atoms with Gasteiger partial charge in [0.25, 0.3) is 0 Å². The van der Waals surface area contributed by atoms with E-state index < -0.39 is 5.97 Å². The molecular formula is C13H14N2O2. The monoisotopic (exact) mass is 230 g/mol. The second kappa shape index (κ2) is 4.41. The van der Waals surface area contributed by atoms with E-state index in [-0.39, 0.29) is 5.56 Å². The summed E-state index contributed by atoms with van der Waals surface area (Å²) in [6, 6.07) is 6.73. The van der Waals surface area contributed by atoms with Crippen molar-refractivity contribution in [3.05, 3.63) is 47.8 Å². The first-order valence-corrected chi connectivity index (χ1v) is 5.46. The van der Waals surface area contributed by atoms with Gasteiger partial charge in [-0.3, -0.25) is 0 Å². The molecule has 88 valence electrons. The van der Waals surface area contributed by atoms with Gasteiger partial charge < -0.3 is 5.11 Å². The van der Waals surface area contributed by atoms with E-state index in [1.807, 2.05) is 12.3 Å². The minimum absolute atomic E-state index is 0.268. The number of hydrogen-bond donors (Lipinski definition) is 1. The zero-order valence-electron chi connectivity index (χ0n) is 9.79. The van der Waals surface area contributed by atoms with Crippen LogP contribution in [0.25, 0.3) is 5.69 Å². The smallest absolute Gasteiger partial charge is 0.335 e. The fourth-order valence-electron chi connectivity index (χ4n) is 1.56. The Bertz CT molecular complexity index is 544. The van der Waals surface area contributed by atoms with Gasteiger partial charge in [-0.1, -0.05) is 19.9 Å². The Morgan fingerprint density at radius 1 is 1.41 bits per heavy atom. The third-order valence-electron chi connectivity index (χ3n) is 2.63. The molecular weight excluding hydrogens is 216 g/mol. The molecule has 0 amide bonds. The molecule has 0 saturated heterocycles. The van der Waals surface area contributed by atoms with Crippen LogP contribution in [0.3, 0.4) is 0 Å². The quantitative estimate of drug-likeness (QED) is 0.882. The largest absolute Gasteiger partial charge is 0.478 e. The summed E-state index contributed by atoms with van der Waals surface area (Å²) in [6.07, 6.45) is 3.73. The molecule has 0 unspecified atom stereocenters. The molecule has 0 radical (unpaired) electrons. The first-order chi connectivity index (χ1) is 8.08. The summed E-state index contributed by atoms with van der Waals surface area (Å²) >= 11 is 0. The summed E-state index contributed by atoms with van der Waals surface area (Å²) in [4.78, 5) is 10.9. The van der Waals surface area contributed by atoms with E-state index in [9.17, 15) is 4.79 Å². The Kier molecular flexibility index (Phi) is 2.95. The van der Waals surface area contributed by atoms with E-state index in [1.54, 1.807) is 29.1 Å². The van der Waals surface area contributed by atoms with Crippen molar-refractivity contribution in [3.63, 3.8) is 0 Å². The summed E-state index contributed by atoms with van der Waals surface area (Å²) in [6.45, 7) is 4.18. The normalized spacial score (nSPS) is 10.8. The SMILES string of the molecule is CC(C)c1cnn(-c2cccc(C(=O)O)c2)c1. The molecule has 1 N–H and O–H groups in total. The van der Waals surface area contributed by atoms with Crippen molar-refractivity contribution in [1.82, 2.24) is 9.78 Å². The molecule has 0 bridgehead atoms. The molecule has 0 spiro atoms. The van der Waals surface area contributed by atoms with Gasteiger partial charge in [0.2, 0.25) is 0 Å². The van der Waals surface area contributed by atoms with Crippen LogP contribution in [0.4, 0.5) is 0 Å². The van der Waals surface area contributed by atoms with Crippen LogP contribution in [0, 0.1) is 0 Å². The topological polar surface area (TPSA) is 55.1 Å². The second-order valence-corrected chi connectivity index (χ2v) is 4.23. The predicted molar refractivity (Wildman–Crippen MR) is 64.6 cm³/mol. The summed E-state index contributed by atoms with van der Waals surface area (Å²) in [5, 5.41) is 13.2. The molecule has 0 fully saturated rings. The van der Waals surface area contributed by atoms with Crippen molar-refractivity contribution in [2.24, 2.45) is 0 Å². The Hall–Kier alpha value is -2.10. The van der Waals surface area contributed by atoms with Crippen molar-refractivity contribution in [3.8, 4) is 5.69 Å². The first-order valence-electron chi connectivity index (χ1n) is 5.46. The molecule has 17 heavy (non-hydrogen) atoms. The van der Waals surface area contributed by atoms with E-state index in [1.165, 1.54) is 0 Å². The van der Waals surface area contributed by atoms with E-state index in [0.717, 1.165) is 11.3 Å². The average molecular weight is 230 g/mol. The number of hydrogen-bond acceptors (Lipinski definition) is 2. The Morgan fingerprint density at radius 3 is 2.76 bits per heavy atom. The van der Waals surface area contributed by atoms with Crippen LogP contribution < -0.4 is 0 Å². The zero-order valence-corrected chi connectivity index (χ0v) is 9.79. The molecule has 0 atom stereocenters. The van der Waals surface area contributed by atoms with E-state index in [2.05, 4.69) is 18.9 Å².